The number of hydrogen-bond acceptors (Lipinski definition) is 6. The number of hydrogen-bond donors (Lipinski definition) is 1. The molecule has 0 spiro atoms. The minimum atomic E-state index is -0.0561. The lowest BCUT2D eigenvalue weighted by atomic mass is 10.1. The Bertz CT molecular complexity index is 852. The summed E-state index contributed by atoms with van der Waals surface area (Å²) in [6, 6.07) is 7.28. The maximum Gasteiger partial charge on any atom is 0.257 e. The molecule has 0 unspecified atom stereocenters. The topological polar surface area (TPSA) is 87.9 Å². The van der Waals surface area contributed by atoms with Crippen molar-refractivity contribution < 1.29 is 18.8 Å². The summed E-state index contributed by atoms with van der Waals surface area (Å²) in [5.41, 5.74) is 2.22. The van der Waals surface area contributed by atoms with E-state index in [1.807, 2.05) is 37.8 Å². The predicted molar refractivity (Wildman–Crippen MR) is 112 cm³/mol. The van der Waals surface area contributed by atoms with Gasteiger partial charge in [-0.05, 0) is 32.4 Å². The molecule has 1 saturated heterocycles. The number of nitrogens with zero attached hydrogens (tertiary/aromatic N) is 3. The summed E-state index contributed by atoms with van der Waals surface area (Å²) < 4.78 is 11.1. The molecule has 2 amide bonds. The zero-order valence-electron chi connectivity index (χ0n) is 17.9. The van der Waals surface area contributed by atoms with Crippen LogP contribution < -0.4 is 10.1 Å². The summed E-state index contributed by atoms with van der Waals surface area (Å²) in [5, 5.41) is 6.83. The molecule has 1 aliphatic heterocycles. The van der Waals surface area contributed by atoms with E-state index in [-0.39, 0.29) is 11.8 Å². The average molecular weight is 415 g/mol. The number of nitrogens with one attached hydrogen (secondary N) is 1. The van der Waals surface area contributed by atoms with E-state index in [1.54, 1.807) is 12.1 Å². The van der Waals surface area contributed by atoms with Crippen LogP contribution in [0.5, 0.6) is 5.75 Å². The molecule has 8 heteroatoms. The van der Waals surface area contributed by atoms with Crippen molar-refractivity contribution in [1.29, 1.82) is 0 Å². The summed E-state index contributed by atoms with van der Waals surface area (Å²) in [4.78, 5) is 28.9. The van der Waals surface area contributed by atoms with Crippen LogP contribution in [0.25, 0.3) is 0 Å². The molecule has 0 bridgehead atoms. The number of aromatic nitrogens is 1. The first-order chi connectivity index (χ1) is 14.5. The number of para-hydroxylation sites is 1. The van der Waals surface area contributed by atoms with Crippen molar-refractivity contribution >= 4 is 11.8 Å². The van der Waals surface area contributed by atoms with Crippen molar-refractivity contribution in [1.82, 2.24) is 20.3 Å². The largest absolute Gasteiger partial charge is 0.488 e. The molecule has 162 valence electrons. The summed E-state index contributed by atoms with van der Waals surface area (Å²) in [6.45, 7) is 9.62. The third-order valence-corrected chi connectivity index (χ3v) is 5.27. The molecule has 3 rings (SSSR count). The SMILES string of the molecule is CCCNC(=O)CN1CCN(C(=O)c2ccccc2OCc2c(C)noc2C)CC1. The second kappa shape index (κ2) is 10.2. The maximum atomic E-state index is 13.1. The number of carbonyl (C=O) groups is 2. The molecule has 1 aliphatic rings. The highest BCUT2D eigenvalue weighted by Gasteiger charge is 2.25. The molecule has 0 radical (unpaired) electrons. The van der Waals surface area contributed by atoms with Crippen LogP contribution in [0.3, 0.4) is 0 Å². The Hall–Kier alpha value is -2.87. The number of piperazine rings is 1. The molecule has 0 atom stereocenters. The zero-order valence-corrected chi connectivity index (χ0v) is 17.9. The Kier molecular flexibility index (Phi) is 7.46. The summed E-state index contributed by atoms with van der Waals surface area (Å²) in [5.74, 6) is 1.24. The zero-order chi connectivity index (χ0) is 21.5. The Morgan fingerprint density at radius 2 is 1.90 bits per heavy atom. The van der Waals surface area contributed by atoms with E-state index in [1.165, 1.54) is 0 Å². The molecule has 8 nitrogen and oxygen atoms in total. The highest BCUT2D eigenvalue weighted by atomic mass is 16.5. The Morgan fingerprint density at radius 1 is 1.17 bits per heavy atom. The molecule has 2 heterocycles. The number of rotatable bonds is 8. The van der Waals surface area contributed by atoms with Gasteiger partial charge in [-0.3, -0.25) is 14.5 Å². The highest BCUT2D eigenvalue weighted by Crippen LogP contribution is 2.23. The molecule has 2 aromatic rings. The number of ether oxygens (including phenoxy) is 1. The summed E-state index contributed by atoms with van der Waals surface area (Å²) >= 11 is 0. The van der Waals surface area contributed by atoms with Crippen LogP contribution in [0, 0.1) is 13.8 Å². The van der Waals surface area contributed by atoms with Crippen molar-refractivity contribution in [2.75, 3.05) is 39.3 Å². The van der Waals surface area contributed by atoms with Gasteiger partial charge < -0.3 is 19.5 Å². The molecule has 0 saturated carbocycles. The van der Waals surface area contributed by atoms with Crippen molar-refractivity contribution in [2.45, 2.75) is 33.8 Å². The number of benzene rings is 1. The smallest absolute Gasteiger partial charge is 0.257 e. The lowest BCUT2D eigenvalue weighted by molar-refractivity contribution is -0.122. The first-order valence-electron chi connectivity index (χ1n) is 10.4. The van der Waals surface area contributed by atoms with E-state index >= 15 is 0 Å². The van der Waals surface area contributed by atoms with Crippen LogP contribution in [0.15, 0.2) is 28.8 Å². The van der Waals surface area contributed by atoms with Crippen molar-refractivity contribution in [2.24, 2.45) is 0 Å². The van der Waals surface area contributed by atoms with E-state index in [2.05, 4.69) is 15.4 Å². The fourth-order valence-corrected chi connectivity index (χ4v) is 3.43. The lowest BCUT2D eigenvalue weighted by Gasteiger charge is -2.34. The number of aryl methyl sites for hydroxylation is 2. The van der Waals surface area contributed by atoms with Gasteiger partial charge in [-0.2, -0.15) is 0 Å². The summed E-state index contributed by atoms with van der Waals surface area (Å²) in [6.07, 6.45) is 0.922. The number of carbonyl (C=O) groups excluding carboxylic acids is 2. The van der Waals surface area contributed by atoms with Gasteiger partial charge in [0.25, 0.3) is 5.91 Å². The van der Waals surface area contributed by atoms with Gasteiger partial charge >= 0.3 is 0 Å². The van der Waals surface area contributed by atoms with E-state index in [9.17, 15) is 9.59 Å². The molecule has 0 aliphatic carbocycles. The van der Waals surface area contributed by atoms with Gasteiger partial charge in [0.2, 0.25) is 5.91 Å². The minimum absolute atomic E-state index is 0.0368. The monoisotopic (exact) mass is 414 g/mol. The second-order valence-corrected chi connectivity index (χ2v) is 7.51. The van der Waals surface area contributed by atoms with E-state index in [0.29, 0.717) is 57.2 Å². The van der Waals surface area contributed by atoms with E-state index in [4.69, 9.17) is 9.26 Å². The van der Waals surface area contributed by atoms with Crippen LogP contribution in [0.1, 0.15) is 40.7 Å². The summed E-state index contributed by atoms with van der Waals surface area (Å²) in [7, 11) is 0. The van der Waals surface area contributed by atoms with Crippen LogP contribution in [0.4, 0.5) is 0 Å². The van der Waals surface area contributed by atoms with Crippen LogP contribution in [-0.4, -0.2) is 66.0 Å². The van der Waals surface area contributed by atoms with Gasteiger partial charge in [0.1, 0.15) is 18.1 Å². The second-order valence-electron chi connectivity index (χ2n) is 7.51. The lowest BCUT2D eigenvalue weighted by Crippen LogP contribution is -2.51. The van der Waals surface area contributed by atoms with Gasteiger partial charge in [0.05, 0.1) is 23.4 Å². The Labute approximate surface area is 177 Å². The van der Waals surface area contributed by atoms with Crippen molar-refractivity contribution in [3.8, 4) is 5.75 Å². The first-order valence-corrected chi connectivity index (χ1v) is 10.4. The molecule has 1 aromatic carbocycles. The van der Waals surface area contributed by atoms with Crippen molar-refractivity contribution in [3.63, 3.8) is 0 Å². The number of amides is 2. The molecular formula is C22H30N4O4. The van der Waals surface area contributed by atoms with Gasteiger partial charge in [0.15, 0.2) is 0 Å². The highest BCUT2D eigenvalue weighted by molar-refractivity contribution is 5.97. The van der Waals surface area contributed by atoms with E-state index in [0.717, 1.165) is 23.4 Å². The minimum Gasteiger partial charge on any atom is -0.488 e. The molecule has 30 heavy (non-hydrogen) atoms. The van der Waals surface area contributed by atoms with Gasteiger partial charge in [0, 0.05) is 32.7 Å². The van der Waals surface area contributed by atoms with Crippen LogP contribution in [-0.2, 0) is 11.4 Å². The van der Waals surface area contributed by atoms with Gasteiger partial charge in [-0.1, -0.05) is 24.2 Å². The molecule has 1 aromatic heterocycles. The maximum absolute atomic E-state index is 13.1. The van der Waals surface area contributed by atoms with E-state index < -0.39 is 0 Å². The standard InChI is InChI=1S/C22H30N4O4/c1-4-9-23-21(27)14-25-10-12-26(13-11-25)22(28)18-7-5-6-8-20(18)29-15-19-16(2)24-30-17(19)3/h5-8H,4,9-15H2,1-3H3,(H,23,27). The fraction of sp³-hybridized carbons (Fsp3) is 0.500. The fourth-order valence-electron chi connectivity index (χ4n) is 3.43. The first kappa shape index (κ1) is 21.8. The Morgan fingerprint density at radius 3 is 2.57 bits per heavy atom. The Balaban J connectivity index is 1.58. The third kappa shape index (κ3) is 5.38. The third-order valence-electron chi connectivity index (χ3n) is 5.27. The molecule has 1 fully saturated rings. The molecular weight excluding hydrogens is 384 g/mol. The van der Waals surface area contributed by atoms with Crippen molar-refractivity contribution in [3.05, 3.63) is 46.8 Å². The average Bonchev–Trinajstić information content (AvgIpc) is 3.08. The predicted octanol–water partition coefficient (Wildman–Crippen LogP) is 2.15. The van der Waals surface area contributed by atoms with Gasteiger partial charge in [-0.25, -0.2) is 0 Å². The normalized spacial score (nSPS) is 14.6. The quantitative estimate of drug-likeness (QED) is 0.712. The van der Waals surface area contributed by atoms with Crippen LogP contribution in [0.2, 0.25) is 0 Å². The molecule has 1 N–H and O–H groups in total. The van der Waals surface area contributed by atoms with Crippen LogP contribution >= 0.6 is 0 Å². The van der Waals surface area contributed by atoms with Gasteiger partial charge in [-0.15, -0.1) is 0 Å².